The van der Waals surface area contributed by atoms with Gasteiger partial charge >= 0.3 is 33.3 Å². The van der Waals surface area contributed by atoms with Gasteiger partial charge in [0, 0.05) is 206 Å². The number of hydrogen-bond donors (Lipinski definition) is 9. The highest BCUT2D eigenvalue weighted by Crippen LogP contribution is 2.58. The van der Waals surface area contributed by atoms with Crippen LogP contribution in [0.4, 0.5) is 28.6 Å². The molecular formula is C109H109N15O18P2S+4. The summed E-state index contributed by atoms with van der Waals surface area (Å²) in [6.45, 7) is 19.6. The van der Waals surface area contributed by atoms with Gasteiger partial charge in [-0.1, -0.05) is 53.9 Å². The molecule has 145 heavy (non-hydrogen) atoms. The molecule has 18 rings (SSSR count). The molecule has 3 unspecified atom stereocenters. The molecule has 0 spiro atoms. The molecule has 3 atom stereocenters. The monoisotopic (exact) mass is 2010 g/mol. The van der Waals surface area contributed by atoms with Gasteiger partial charge in [-0.05, 0) is 180 Å². The lowest BCUT2D eigenvalue weighted by Gasteiger charge is -2.43. The second-order valence-corrected chi connectivity index (χ2v) is 41.7. The number of nitrogens with zero attached hydrogens (tertiary/aromatic N) is 11. The first-order chi connectivity index (χ1) is 69.0. The van der Waals surface area contributed by atoms with Gasteiger partial charge in [-0.15, -0.1) is 0 Å². The Bertz CT molecular complexity index is 8110. The van der Waals surface area contributed by atoms with Crippen LogP contribution in [-0.4, -0.2) is 155 Å². The van der Waals surface area contributed by atoms with Crippen molar-refractivity contribution >= 4 is 124 Å². The highest BCUT2D eigenvalue weighted by atomic mass is 32.2. The molecule has 1 saturated heterocycles. The number of anilines is 5. The predicted octanol–water partition coefficient (Wildman–Crippen LogP) is 14.4. The van der Waals surface area contributed by atoms with Crippen LogP contribution in [0, 0.1) is 18.8 Å². The number of nitrogens with two attached hydrogens (primary N) is 1. The number of nitrogens with one attached hydrogen (secondary N) is 3. The van der Waals surface area contributed by atoms with Gasteiger partial charge < -0.3 is 84.6 Å². The van der Waals surface area contributed by atoms with E-state index in [1.807, 2.05) is 169 Å². The van der Waals surface area contributed by atoms with Crippen LogP contribution < -0.4 is 80.3 Å². The fourth-order valence-corrected chi connectivity index (χ4v) is 22.7. The third-order valence-electron chi connectivity index (χ3n) is 26.7. The van der Waals surface area contributed by atoms with E-state index in [4.69, 9.17) is 33.9 Å². The number of aromatic carboxylic acids is 2. The molecular weight excluding hydrogens is 1900 g/mol. The zero-order valence-electron chi connectivity index (χ0n) is 82.4. The van der Waals surface area contributed by atoms with Crippen molar-refractivity contribution in [3.63, 3.8) is 0 Å². The Morgan fingerprint density at radius 2 is 1.25 bits per heavy atom. The number of phosphoric acid groups is 2. The van der Waals surface area contributed by atoms with Crippen molar-refractivity contribution in [3.05, 3.63) is 313 Å². The molecule has 0 radical (unpaired) electrons. The molecule has 0 bridgehead atoms. The molecule has 0 saturated carbocycles. The fraction of sp³-hybridized carbons (Fsp3) is 0.248. The lowest BCUT2D eigenvalue weighted by atomic mass is 9.82. The van der Waals surface area contributed by atoms with Crippen molar-refractivity contribution in [2.45, 2.75) is 121 Å². The number of amides is 3. The summed E-state index contributed by atoms with van der Waals surface area (Å²) in [5.41, 5.74) is 19.6. The number of aromatic nitrogens is 6. The molecule has 5 aromatic heterocycles. The van der Waals surface area contributed by atoms with Gasteiger partial charge in [0.2, 0.25) is 11.0 Å². The molecule has 7 aromatic carbocycles. The summed E-state index contributed by atoms with van der Waals surface area (Å²) in [7, 11) is 1.31. The number of phosphoric ester groups is 1. The van der Waals surface area contributed by atoms with E-state index in [0.717, 1.165) is 55.9 Å². The summed E-state index contributed by atoms with van der Waals surface area (Å²) in [6.07, 6.45) is 18.3. The van der Waals surface area contributed by atoms with Gasteiger partial charge in [0.05, 0.1) is 65.0 Å². The number of nitrogen functional groups attached to an aromatic ring is 1. The second kappa shape index (κ2) is 39.5. The Hall–Kier alpha value is -15.3. The lowest BCUT2D eigenvalue weighted by molar-refractivity contribution is -0.637. The van der Waals surface area contributed by atoms with Gasteiger partial charge in [0.1, 0.15) is 53.4 Å². The van der Waals surface area contributed by atoms with Gasteiger partial charge in [-0.2, -0.15) is 18.0 Å². The van der Waals surface area contributed by atoms with Crippen LogP contribution in [0.15, 0.2) is 239 Å². The maximum Gasteiger partial charge on any atom is 0.481 e. The standard InChI is InChI=1S/C109H105N15O18P2S/c1-16-123-84-53-88-81(51-78(84)63(4)55-108(123,6)7)93(82-52-79-64(5)56-109(8,9)124(17-2)85(79)54-89(82)140-88)94-95(107(131)132)96(119-43-36-70(37-44-119)116(10)11)98(121-47-40-72(41-48-121)118(14)15)100(97(94)120-45-38-71(39-46-120)117(12)13)145-74-29-25-67(26-30-74)103(126)112-57-65-21-23-66(24-22-65)104(127)113-58-83-86(125)34-33-77-92(76-31-20-62(3)49-87(76)141-99(77)83)80-50-68(27-32-75(80)106(129)130)105(128)111-42-18-19-69-59-122(102-91(69)101(110)114-61-115-102)90-35-28-73(139-90)60-138-144(136,137)142-143(133,134)135/h20-27,29-34,36-41,43-56,59,61,73,90H,16-17,28,35,42,57-58,60H2,1-15H3,(H6-4,110,111,112,113,114,115,126,127,128,129,130,131,132,133,134,135,136,137)/p+4. The molecule has 740 valence electrons. The SMILES string of the molecule is CCN1c2cc3c(cc2C(C)=CC1(C)C)C(c1c(C(=O)O)c(-[n+]2ccc(N(C)C)cc2)c(-[n+]2ccc(N(C)C)cc2)c(Sc2ccc(C(=O)NCc4ccc(C(=O)NCc5c6oc7cc(C)ccc7c(-c7cc(C(=O)NCC#Cc8cn(C9CCC(COP(=O)(O)OP(=O)(O)O)O9)c9ncnc(N)c89)ccc7C(=O)O)c-6ccc5=O)cc4)cc2)c1-[n+]1ccc(N(C)C)cc1)=c1cc2c(cc1O3)=[N+](CC)C(C)(C)C=C2C. The number of fused-ring (bicyclic) bond motifs is 7. The smallest absolute Gasteiger partial charge is 0.478 e. The highest BCUT2D eigenvalue weighted by Gasteiger charge is 2.48. The fourth-order valence-electron chi connectivity index (χ4n) is 19.9. The van der Waals surface area contributed by atoms with E-state index in [1.54, 1.807) is 59.3 Å². The summed E-state index contributed by atoms with van der Waals surface area (Å²) >= 11 is 1.43. The third kappa shape index (κ3) is 19.7. The summed E-state index contributed by atoms with van der Waals surface area (Å²) in [5, 5.41) is 35.0. The number of benzene rings is 8. The molecule has 5 aliphatic heterocycles. The first-order valence-electron chi connectivity index (χ1n) is 47.0. The minimum absolute atomic E-state index is 0.0102. The third-order valence-corrected chi connectivity index (χ3v) is 29.9. The Kier molecular flexibility index (Phi) is 27.2. The molecule has 3 amide bonds. The number of carboxylic acids is 2. The van der Waals surface area contributed by atoms with Crippen LogP contribution >= 0.6 is 27.4 Å². The minimum atomic E-state index is -5.36. The minimum Gasteiger partial charge on any atom is -0.478 e. The first kappa shape index (κ1) is 99.9. The normalized spacial score (nSPS) is 15.4. The number of carbonyl (C=O) groups excluding carboxylic acids is 3. The second-order valence-electron chi connectivity index (χ2n) is 37.8. The molecule has 1 fully saturated rings. The Morgan fingerprint density at radius 1 is 0.634 bits per heavy atom. The number of pyridine rings is 3. The Balaban J connectivity index is 0.640. The topological polar surface area (TPSA) is 408 Å². The number of aryl methyl sites for hydroxylation is 1. The van der Waals surface area contributed by atoms with Gasteiger partial charge in [-0.3, -0.25) is 23.7 Å². The van der Waals surface area contributed by atoms with Gasteiger partial charge in [0.15, 0.2) is 58.6 Å². The quantitative estimate of drug-likeness (QED) is 0.00951. The predicted molar refractivity (Wildman–Crippen MR) is 554 cm³/mol. The van der Waals surface area contributed by atoms with Crippen molar-refractivity contribution in [2.75, 3.05) is 93.9 Å². The highest BCUT2D eigenvalue weighted by molar-refractivity contribution is 7.99. The maximum absolute atomic E-state index is 15.8. The van der Waals surface area contributed by atoms with Crippen LogP contribution in [-0.2, 0) is 35.8 Å². The maximum atomic E-state index is 15.8. The summed E-state index contributed by atoms with van der Waals surface area (Å²) < 4.78 is 62.1. The summed E-state index contributed by atoms with van der Waals surface area (Å²) in [5.74, 6) is 3.09. The number of likely N-dealkylation sites (N-methyl/N-ethyl adjacent to an activating group) is 2. The van der Waals surface area contributed by atoms with Crippen LogP contribution in [0.2, 0.25) is 0 Å². The van der Waals surface area contributed by atoms with Crippen molar-refractivity contribution in [1.29, 1.82) is 0 Å². The molecule has 12 aromatic rings. The van der Waals surface area contributed by atoms with Crippen molar-refractivity contribution in [3.8, 4) is 62.9 Å². The van der Waals surface area contributed by atoms with Crippen LogP contribution in [0.25, 0.3) is 78.2 Å². The molecule has 36 heteroatoms. The average molecular weight is 2010 g/mol. The molecule has 1 aliphatic carbocycles. The molecule has 10 heterocycles. The summed E-state index contributed by atoms with van der Waals surface area (Å²) in [4.78, 5) is 133. The van der Waals surface area contributed by atoms with Gasteiger partial charge in [-0.25, -0.2) is 33.3 Å². The van der Waals surface area contributed by atoms with Crippen LogP contribution in [0.1, 0.15) is 171 Å². The summed E-state index contributed by atoms with van der Waals surface area (Å²) in [6, 6.07) is 46.8. The lowest BCUT2D eigenvalue weighted by Crippen LogP contribution is -2.49. The molecule has 10 N–H and O–H groups in total. The largest absolute Gasteiger partial charge is 0.481 e. The Labute approximate surface area is 839 Å². The van der Waals surface area contributed by atoms with Crippen molar-refractivity contribution in [2.24, 2.45) is 0 Å². The van der Waals surface area contributed by atoms with Crippen molar-refractivity contribution in [1.82, 2.24) is 35.1 Å². The number of hydrogen-bond acceptors (Lipinski definition) is 21. The zero-order valence-corrected chi connectivity index (χ0v) is 85.0. The number of allylic oxidation sites excluding steroid dienone is 2. The van der Waals surface area contributed by atoms with Crippen molar-refractivity contribution < 1.29 is 94.4 Å². The van der Waals surface area contributed by atoms with Gasteiger partial charge in [0.25, 0.3) is 23.4 Å². The number of carbonyl (C=O) groups is 5. The molecule has 33 nitrogen and oxygen atoms in total. The number of ether oxygens (including phenoxy) is 2. The zero-order chi connectivity index (χ0) is 103. The van der Waals surface area contributed by atoms with E-state index in [2.05, 4.69) is 143 Å². The number of rotatable bonds is 28. The number of carboxylic acid groups (broad SMARTS) is 2. The van der Waals surface area contributed by atoms with E-state index < -0.39 is 69.7 Å². The Morgan fingerprint density at radius 3 is 1.87 bits per heavy atom. The average Bonchev–Trinajstić information content (AvgIpc) is 0.734. The van der Waals surface area contributed by atoms with E-state index in [0.29, 0.717) is 130 Å². The van der Waals surface area contributed by atoms with Crippen LogP contribution in [0.5, 0.6) is 11.5 Å². The van der Waals surface area contributed by atoms with E-state index in [9.17, 15) is 48.2 Å². The van der Waals surface area contributed by atoms with Crippen LogP contribution in [0.3, 0.4) is 0 Å². The van der Waals surface area contributed by atoms with E-state index in [-0.39, 0.29) is 81.3 Å². The first-order valence-corrected chi connectivity index (χ1v) is 50.9. The molecule has 6 aliphatic rings. The van der Waals surface area contributed by atoms with E-state index in [1.165, 1.54) is 48.4 Å². The van der Waals surface area contributed by atoms with E-state index >= 15 is 4.79 Å².